The van der Waals surface area contributed by atoms with Crippen LogP contribution in [0, 0.1) is 5.92 Å². The van der Waals surface area contributed by atoms with Crippen molar-refractivity contribution in [3.63, 3.8) is 0 Å². The first-order chi connectivity index (χ1) is 11.4. The molecule has 24 heavy (non-hydrogen) atoms. The molecule has 0 saturated heterocycles. The number of primary amides is 1. The molecule has 0 bridgehead atoms. The fourth-order valence-corrected chi connectivity index (χ4v) is 3.69. The van der Waals surface area contributed by atoms with Crippen molar-refractivity contribution in [2.45, 2.75) is 107 Å². The van der Waals surface area contributed by atoms with Gasteiger partial charge in [-0.1, -0.05) is 112 Å². The molecule has 2 N–H and O–H groups in total. The average molecular weight is 401 g/mol. The smallest absolute Gasteiger partial charge is 0.217 e. The van der Waals surface area contributed by atoms with Crippen LogP contribution in [-0.2, 0) is 4.79 Å². The largest absolute Gasteiger partial charge is 0.370 e. The summed E-state index contributed by atoms with van der Waals surface area (Å²) in [6.07, 6.45) is 16.8. The van der Waals surface area contributed by atoms with Gasteiger partial charge in [-0.15, -0.1) is 0 Å². The fourth-order valence-electron chi connectivity index (χ4n) is 3.04. The number of hydrogen-bond acceptors (Lipinski definition) is 1. The van der Waals surface area contributed by atoms with Crippen LogP contribution in [-0.4, -0.2) is 9.70 Å². The van der Waals surface area contributed by atoms with Crippen molar-refractivity contribution in [2.75, 3.05) is 0 Å². The van der Waals surface area contributed by atoms with Crippen molar-refractivity contribution >= 4 is 40.7 Å². The molecule has 0 aromatic rings. The lowest BCUT2D eigenvalue weighted by atomic mass is 9.95. The molecule has 0 aliphatic carbocycles. The standard InChI is InChI=1S/C19H36Cl3NO/c1-2-3-4-5-6-8-11-14-17(19(20,21)22)15-12-9-7-10-13-16-18(23)24/h17H,2-16H2,1H3,(H2,23,24). The lowest BCUT2D eigenvalue weighted by molar-refractivity contribution is -0.118. The van der Waals surface area contributed by atoms with Gasteiger partial charge < -0.3 is 5.73 Å². The maximum absolute atomic E-state index is 10.7. The highest BCUT2D eigenvalue weighted by Crippen LogP contribution is 2.41. The molecule has 0 heterocycles. The van der Waals surface area contributed by atoms with Crippen LogP contribution in [0.1, 0.15) is 103 Å². The van der Waals surface area contributed by atoms with E-state index in [0.717, 1.165) is 51.4 Å². The van der Waals surface area contributed by atoms with Gasteiger partial charge >= 0.3 is 0 Å². The highest BCUT2D eigenvalue weighted by atomic mass is 35.6. The number of amides is 1. The number of carbonyl (C=O) groups excluding carboxylic acids is 1. The van der Waals surface area contributed by atoms with Crippen molar-refractivity contribution in [3.8, 4) is 0 Å². The third-order valence-corrected chi connectivity index (χ3v) is 5.52. The van der Waals surface area contributed by atoms with Crippen molar-refractivity contribution in [1.82, 2.24) is 0 Å². The summed E-state index contributed by atoms with van der Waals surface area (Å²) in [6, 6.07) is 0. The Hall–Kier alpha value is 0.340. The zero-order valence-electron chi connectivity index (χ0n) is 15.3. The van der Waals surface area contributed by atoms with Gasteiger partial charge in [0, 0.05) is 12.3 Å². The second kappa shape index (κ2) is 15.6. The molecule has 0 radical (unpaired) electrons. The van der Waals surface area contributed by atoms with Gasteiger partial charge in [0.2, 0.25) is 5.91 Å². The summed E-state index contributed by atoms with van der Waals surface area (Å²) in [5.74, 6) is -0.0512. The van der Waals surface area contributed by atoms with E-state index in [1.165, 1.54) is 38.5 Å². The zero-order valence-corrected chi connectivity index (χ0v) is 17.6. The minimum atomic E-state index is -1.14. The van der Waals surface area contributed by atoms with Crippen LogP contribution in [0.2, 0.25) is 0 Å². The molecule has 0 saturated carbocycles. The molecule has 0 fully saturated rings. The number of alkyl halides is 3. The van der Waals surface area contributed by atoms with E-state index in [4.69, 9.17) is 40.5 Å². The van der Waals surface area contributed by atoms with Gasteiger partial charge in [-0.3, -0.25) is 4.79 Å². The Balaban J connectivity index is 3.73. The van der Waals surface area contributed by atoms with E-state index in [2.05, 4.69) is 6.92 Å². The summed E-state index contributed by atoms with van der Waals surface area (Å²) >= 11 is 18.5. The topological polar surface area (TPSA) is 43.1 Å². The van der Waals surface area contributed by atoms with Crippen LogP contribution in [0.4, 0.5) is 0 Å². The Morgan fingerprint density at radius 3 is 1.62 bits per heavy atom. The molecule has 2 nitrogen and oxygen atoms in total. The quantitative estimate of drug-likeness (QED) is 0.214. The summed E-state index contributed by atoms with van der Waals surface area (Å²) in [7, 11) is 0. The molecular formula is C19H36Cl3NO. The van der Waals surface area contributed by atoms with Gasteiger partial charge in [0.05, 0.1) is 0 Å². The molecule has 0 aromatic heterocycles. The van der Waals surface area contributed by atoms with Gasteiger partial charge in [-0.05, 0) is 19.3 Å². The summed E-state index contributed by atoms with van der Waals surface area (Å²) in [6.45, 7) is 2.24. The van der Waals surface area contributed by atoms with E-state index in [1.807, 2.05) is 0 Å². The van der Waals surface area contributed by atoms with E-state index in [0.29, 0.717) is 6.42 Å². The molecule has 1 amide bonds. The Kier molecular flexibility index (Phi) is 15.8. The van der Waals surface area contributed by atoms with Gasteiger partial charge in [0.25, 0.3) is 0 Å². The fraction of sp³-hybridized carbons (Fsp3) is 0.947. The van der Waals surface area contributed by atoms with E-state index < -0.39 is 3.79 Å². The number of carbonyl (C=O) groups is 1. The molecule has 0 rings (SSSR count). The van der Waals surface area contributed by atoms with Crippen LogP contribution in [0.15, 0.2) is 0 Å². The second-order valence-corrected chi connectivity index (χ2v) is 9.29. The molecule has 1 unspecified atom stereocenters. The monoisotopic (exact) mass is 399 g/mol. The molecule has 0 spiro atoms. The van der Waals surface area contributed by atoms with Crippen molar-refractivity contribution in [2.24, 2.45) is 11.7 Å². The maximum atomic E-state index is 10.7. The SMILES string of the molecule is CCCCCCCCCC(CCCCCCCC(N)=O)C(Cl)(Cl)Cl. The third kappa shape index (κ3) is 15.8. The first kappa shape index (κ1) is 24.3. The summed E-state index contributed by atoms with van der Waals surface area (Å²) < 4.78 is -1.14. The molecule has 0 aromatic carbocycles. The van der Waals surface area contributed by atoms with Gasteiger partial charge in [0.1, 0.15) is 0 Å². The Morgan fingerprint density at radius 2 is 1.21 bits per heavy atom. The van der Waals surface area contributed by atoms with Crippen molar-refractivity contribution in [1.29, 1.82) is 0 Å². The first-order valence-electron chi connectivity index (χ1n) is 9.73. The minimum absolute atomic E-state index is 0.156. The predicted molar refractivity (Wildman–Crippen MR) is 108 cm³/mol. The number of nitrogens with two attached hydrogens (primary N) is 1. The summed E-state index contributed by atoms with van der Waals surface area (Å²) in [5.41, 5.74) is 5.13. The Morgan fingerprint density at radius 1 is 0.792 bits per heavy atom. The van der Waals surface area contributed by atoms with Crippen molar-refractivity contribution in [3.05, 3.63) is 0 Å². The van der Waals surface area contributed by atoms with E-state index in [9.17, 15) is 4.79 Å². The molecular weight excluding hydrogens is 365 g/mol. The molecule has 0 aliphatic rings. The lowest BCUT2D eigenvalue weighted by Gasteiger charge is -2.24. The average Bonchev–Trinajstić information content (AvgIpc) is 2.49. The Labute approximate surface area is 164 Å². The highest BCUT2D eigenvalue weighted by molar-refractivity contribution is 6.67. The van der Waals surface area contributed by atoms with Crippen LogP contribution in [0.3, 0.4) is 0 Å². The minimum Gasteiger partial charge on any atom is -0.370 e. The first-order valence-corrected chi connectivity index (χ1v) is 10.9. The van der Waals surface area contributed by atoms with Crippen molar-refractivity contribution < 1.29 is 4.79 Å². The number of unbranched alkanes of at least 4 members (excludes halogenated alkanes) is 10. The number of hydrogen-bond donors (Lipinski definition) is 1. The maximum Gasteiger partial charge on any atom is 0.217 e. The van der Waals surface area contributed by atoms with E-state index in [1.54, 1.807) is 0 Å². The highest BCUT2D eigenvalue weighted by Gasteiger charge is 2.31. The van der Waals surface area contributed by atoms with Gasteiger partial charge in [0.15, 0.2) is 3.79 Å². The molecule has 1 atom stereocenters. The normalized spacial score (nSPS) is 13.2. The van der Waals surface area contributed by atoms with Crippen LogP contribution in [0.5, 0.6) is 0 Å². The molecule has 5 heteroatoms. The second-order valence-electron chi connectivity index (χ2n) is 6.92. The number of halogens is 3. The van der Waals surface area contributed by atoms with E-state index >= 15 is 0 Å². The molecule has 144 valence electrons. The van der Waals surface area contributed by atoms with Crippen LogP contribution < -0.4 is 5.73 Å². The summed E-state index contributed by atoms with van der Waals surface area (Å²) in [5, 5.41) is 0. The molecule has 0 aliphatic heterocycles. The van der Waals surface area contributed by atoms with Gasteiger partial charge in [-0.2, -0.15) is 0 Å². The zero-order chi connectivity index (χ0) is 18.3. The Bertz CT molecular complexity index is 305. The van der Waals surface area contributed by atoms with Crippen LogP contribution in [0.25, 0.3) is 0 Å². The van der Waals surface area contributed by atoms with E-state index in [-0.39, 0.29) is 11.8 Å². The third-order valence-electron chi connectivity index (χ3n) is 4.59. The van der Waals surface area contributed by atoms with Crippen LogP contribution >= 0.6 is 34.8 Å². The number of rotatable bonds is 16. The predicted octanol–water partition coefficient (Wildman–Crippen LogP) is 7.33. The lowest BCUT2D eigenvalue weighted by Crippen LogP contribution is -2.19. The van der Waals surface area contributed by atoms with Gasteiger partial charge in [-0.25, -0.2) is 0 Å². The summed E-state index contributed by atoms with van der Waals surface area (Å²) in [4.78, 5) is 10.7.